The van der Waals surface area contributed by atoms with E-state index in [2.05, 4.69) is 16.6 Å². The highest BCUT2D eigenvalue weighted by molar-refractivity contribution is 5.92. The monoisotopic (exact) mass is 337 g/mol. The molecule has 4 fully saturated rings. The van der Waals surface area contributed by atoms with E-state index < -0.39 is 6.10 Å². The molecule has 5 rings (SSSR count). The van der Waals surface area contributed by atoms with Gasteiger partial charge in [-0.15, -0.1) is 0 Å². The summed E-state index contributed by atoms with van der Waals surface area (Å²) in [6.07, 6.45) is 5.77. The number of nitriles is 1. The molecule has 25 heavy (non-hydrogen) atoms. The van der Waals surface area contributed by atoms with Crippen LogP contribution in [0.5, 0.6) is 5.75 Å². The molecule has 0 aliphatic heterocycles. The lowest BCUT2D eigenvalue weighted by Gasteiger charge is -2.50. The average Bonchev–Trinajstić information content (AvgIpc) is 2.61. The molecular formula is C20H23N3O2. The van der Waals surface area contributed by atoms with Gasteiger partial charge in [0.05, 0.1) is 11.6 Å². The fourth-order valence-corrected chi connectivity index (χ4v) is 4.93. The Labute approximate surface area is 148 Å². The summed E-state index contributed by atoms with van der Waals surface area (Å²) in [5, 5.41) is 13.3. The van der Waals surface area contributed by atoms with Crippen molar-refractivity contribution in [1.29, 1.82) is 5.26 Å². The molecule has 0 radical (unpaired) electrons. The van der Waals surface area contributed by atoms with Crippen LogP contribution >= 0.6 is 0 Å². The van der Waals surface area contributed by atoms with Crippen molar-refractivity contribution in [2.45, 2.75) is 45.1 Å². The van der Waals surface area contributed by atoms with Crippen LogP contribution < -0.4 is 10.2 Å². The first-order valence-corrected chi connectivity index (χ1v) is 9.16. The molecule has 0 aromatic heterocycles. The van der Waals surface area contributed by atoms with Crippen LogP contribution in [-0.4, -0.2) is 17.7 Å². The van der Waals surface area contributed by atoms with E-state index in [1.165, 1.54) is 37.8 Å². The fraction of sp³-hybridized carbons (Fsp3) is 0.550. The van der Waals surface area contributed by atoms with Gasteiger partial charge in [0.2, 0.25) is 0 Å². The van der Waals surface area contributed by atoms with E-state index >= 15 is 0 Å². The summed E-state index contributed by atoms with van der Waals surface area (Å²) in [4.78, 5) is 12.3. The number of hydrogen-bond donors (Lipinski definition) is 1. The zero-order valence-electron chi connectivity index (χ0n) is 14.4. The highest BCUT2D eigenvalue weighted by Crippen LogP contribution is 2.52. The number of nitrogens with zero attached hydrogens (tertiary/aromatic N) is 2. The predicted octanol–water partition coefficient (Wildman–Crippen LogP) is 3.25. The summed E-state index contributed by atoms with van der Waals surface area (Å²) in [7, 11) is 0. The number of carbonyl (C=O) groups is 1. The number of benzene rings is 1. The van der Waals surface area contributed by atoms with Gasteiger partial charge < -0.3 is 4.74 Å². The van der Waals surface area contributed by atoms with E-state index in [1.54, 1.807) is 31.2 Å². The molecule has 1 aromatic rings. The quantitative estimate of drug-likeness (QED) is 0.857. The normalized spacial score (nSPS) is 30.5. The Morgan fingerprint density at radius 3 is 2.32 bits per heavy atom. The van der Waals surface area contributed by atoms with Crippen molar-refractivity contribution >= 4 is 11.6 Å². The number of ether oxygens (including phenoxy) is 1. The molecule has 1 amide bonds. The molecule has 0 spiro atoms. The molecule has 1 atom stereocenters. The van der Waals surface area contributed by atoms with E-state index in [-0.39, 0.29) is 5.91 Å². The Hall–Kier alpha value is -2.35. The lowest BCUT2D eigenvalue weighted by atomic mass is 9.55. The molecule has 1 unspecified atom stereocenters. The van der Waals surface area contributed by atoms with E-state index in [0.29, 0.717) is 23.1 Å². The maximum Gasteiger partial charge on any atom is 0.280 e. The van der Waals surface area contributed by atoms with Crippen molar-refractivity contribution in [2.75, 3.05) is 0 Å². The second-order valence-electron chi connectivity index (χ2n) is 7.71. The van der Waals surface area contributed by atoms with Crippen LogP contribution in [0.15, 0.2) is 29.4 Å². The maximum absolute atomic E-state index is 12.3. The molecule has 5 heteroatoms. The minimum atomic E-state index is -0.630. The first-order chi connectivity index (χ1) is 12.1. The third-order valence-electron chi connectivity index (χ3n) is 5.94. The number of hydrogen-bond acceptors (Lipinski definition) is 4. The van der Waals surface area contributed by atoms with Gasteiger partial charge in [0.1, 0.15) is 5.75 Å². The summed E-state index contributed by atoms with van der Waals surface area (Å²) in [6.45, 7) is 1.71. The van der Waals surface area contributed by atoms with Crippen LogP contribution in [0, 0.1) is 35.0 Å². The molecular weight excluding hydrogens is 314 g/mol. The Morgan fingerprint density at radius 1 is 1.16 bits per heavy atom. The summed E-state index contributed by atoms with van der Waals surface area (Å²) in [6, 6.07) is 8.81. The van der Waals surface area contributed by atoms with Gasteiger partial charge in [-0.3, -0.25) is 4.79 Å². The molecule has 4 aliphatic rings. The molecule has 0 heterocycles. The molecule has 1 aromatic carbocycles. The topological polar surface area (TPSA) is 74.5 Å². The van der Waals surface area contributed by atoms with E-state index in [9.17, 15) is 4.79 Å². The number of nitrogens with one attached hydrogen (secondary N) is 1. The zero-order valence-corrected chi connectivity index (χ0v) is 14.4. The van der Waals surface area contributed by atoms with Crippen LogP contribution in [0.3, 0.4) is 0 Å². The van der Waals surface area contributed by atoms with Gasteiger partial charge in [-0.2, -0.15) is 10.4 Å². The summed E-state index contributed by atoms with van der Waals surface area (Å²) >= 11 is 0. The Morgan fingerprint density at radius 2 is 1.76 bits per heavy atom. The summed E-state index contributed by atoms with van der Waals surface area (Å²) in [5.41, 5.74) is 4.51. The van der Waals surface area contributed by atoms with Crippen molar-refractivity contribution in [3.8, 4) is 11.8 Å². The SMILES string of the molecule is CC(Oc1ccc(C#N)cc1)C(=O)NN=C1C2CC3CC(C2)CC1C3. The lowest BCUT2D eigenvalue weighted by Crippen LogP contribution is -2.46. The second kappa shape index (κ2) is 6.51. The zero-order chi connectivity index (χ0) is 17.4. The van der Waals surface area contributed by atoms with Gasteiger partial charge in [-0.1, -0.05) is 0 Å². The highest BCUT2D eigenvalue weighted by Gasteiger charge is 2.46. The minimum Gasteiger partial charge on any atom is -0.481 e. The minimum absolute atomic E-state index is 0.231. The molecule has 0 saturated heterocycles. The van der Waals surface area contributed by atoms with Crippen molar-refractivity contribution in [1.82, 2.24) is 5.43 Å². The van der Waals surface area contributed by atoms with Gasteiger partial charge in [0.15, 0.2) is 6.10 Å². The standard InChI is InChI=1S/C20H23N3O2/c1-12(25-18-4-2-13(11-21)3-5-18)20(24)23-22-19-16-7-14-6-15(9-16)10-17(19)8-14/h2-5,12,14-17H,6-10H2,1H3,(H,23,24). The Balaban J connectivity index is 1.36. The first-order valence-electron chi connectivity index (χ1n) is 9.16. The number of rotatable bonds is 4. The van der Waals surface area contributed by atoms with Gasteiger partial charge in [-0.05, 0) is 87.0 Å². The van der Waals surface area contributed by atoms with Crippen LogP contribution in [0.1, 0.15) is 44.6 Å². The number of hydrazone groups is 1. The Bertz CT molecular complexity index is 702. The van der Waals surface area contributed by atoms with Crippen molar-refractivity contribution in [3.63, 3.8) is 0 Å². The third-order valence-corrected chi connectivity index (χ3v) is 5.94. The largest absolute Gasteiger partial charge is 0.481 e. The first kappa shape index (κ1) is 16.1. The van der Waals surface area contributed by atoms with Crippen LogP contribution in [0.4, 0.5) is 0 Å². The van der Waals surface area contributed by atoms with E-state index in [4.69, 9.17) is 10.00 Å². The lowest BCUT2D eigenvalue weighted by molar-refractivity contribution is -0.127. The molecule has 5 nitrogen and oxygen atoms in total. The third kappa shape index (κ3) is 3.26. The van der Waals surface area contributed by atoms with Crippen molar-refractivity contribution < 1.29 is 9.53 Å². The summed E-state index contributed by atoms with van der Waals surface area (Å²) in [5.74, 6) is 3.26. The predicted molar refractivity (Wildman–Crippen MR) is 93.9 cm³/mol. The fourth-order valence-electron chi connectivity index (χ4n) is 4.93. The van der Waals surface area contributed by atoms with Crippen LogP contribution in [0.2, 0.25) is 0 Å². The number of amides is 1. The molecule has 130 valence electrons. The molecule has 4 aliphatic carbocycles. The van der Waals surface area contributed by atoms with Gasteiger partial charge >= 0.3 is 0 Å². The second-order valence-corrected chi connectivity index (χ2v) is 7.71. The average molecular weight is 337 g/mol. The van der Waals surface area contributed by atoms with Crippen LogP contribution in [0.25, 0.3) is 0 Å². The van der Waals surface area contributed by atoms with Gasteiger partial charge in [0, 0.05) is 5.71 Å². The van der Waals surface area contributed by atoms with E-state index in [1.807, 2.05) is 0 Å². The van der Waals surface area contributed by atoms with Gasteiger partial charge in [-0.25, -0.2) is 5.43 Å². The number of carbonyl (C=O) groups excluding carboxylic acids is 1. The van der Waals surface area contributed by atoms with Gasteiger partial charge in [0.25, 0.3) is 5.91 Å². The molecule has 1 N–H and O–H groups in total. The van der Waals surface area contributed by atoms with Crippen molar-refractivity contribution in [3.05, 3.63) is 29.8 Å². The molecule has 4 bridgehead atoms. The van der Waals surface area contributed by atoms with E-state index in [0.717, 1.165) is 11.8 Å². The maximum atomic E-state index is 12.3. The van der Waals surface area contributed by atoms with Crippen molar-refractivity contribution in [2.24, 2.45) is 28.8 Å². The van der Waals surface area contributed by atoms with Crippen LogP contribution in [-0.2, 0) is 4.79 Å². The smallest absolute Gasteiger partial charge is 0.280 e. The summed E-state index contributed by atoms with van der Waals surface area (Å²) < 4.78 is 5.64. The molecule has 4 saturated carbocycles. The Kier molecular flexibility index (Phi) is 4.20. The highest BCUT2D eigenvalue weighted by atomic mass is 16.5.